The molecule has 35 heavy (non-hydrogen) atoms. The Labute approximate surface area is 204 Å². The van der Waals surface area contributed by atoms with Crippen molar-refractivity contribution in [3.8, 4) is 0 Å². The molecule has 1 aliphatic heterocycles. The summed E-state index contributed by atoms with van der Waals surface area (Å²) in [5.74, 6) is -1.10. The molecule has 0 spiro atoms. The summed E-state index contributed by atoms with van der Waals surface area (Å²) in [4.78, 5) is 39.2. The number of carbonyl (C=O) groups is 3. The summed E-state index contributed by atoms with van der Waals surface area (Å²) in [6, 6.07) is 18.8. The largest absolute Gasteiger partial charge is 0.377 e. The lowest BCUT2D eigenvalue weighted by Crippen LogP contribution is -2.50. The van der Waals surface area contributed by atoms with Crippen LogP contribution in [0.4, 0.5) is 11.4 Å². The standard InChI is InChI=1S/C27H30N4O4/c1-17-15-35-16-18(2)31(17)24-10-9-22(26(33)29-12-11-25(28)32)14-23(24)30-27(34)21-8-7-19-5-3-4-6-20(19)13-21/h3-10,13-14,17-18H,11-12,15-16H2,1-2H3,(H2,28,32)(H,29,33)(H,30,34). The van der Waals surface area contributed by atoms with Crippen molar-refractivity contribution in [2.24, 2.45) is 5.73 Å². The average Bonchev–Trinajstić information content (AvgIpc) is 2.84. The van der Waals surface area contributed by atoms with Gasteiger partial charge in [-0.15, -0.1) is 0 Å². The van der Waals surface area contributed by atoms with Gasteiger partial charge >= 0.3 is 0 Å². The molecule has 0 radical (unpaired) electrons. The molecule has 4 N–H and O–H groups in total. The number of benzene rings is 3. The summed E-state index contributed by atoms with van der Waals surface area (Å²) in [5, 5.41) is 7.74. The van der Waals surface area contributed by atoms with Gasteiger partial charge in [0.15, 0.2) is 0 Å². The Morgan fingerprint density at radius 1 is 0.914 bits per heavy atom. The van der Waals surface area contributed by atoms with E-state index in [4.69, 9.17) is 10.5 Å². The molecular formula is C27H30N4O4. The summed E-state index contributed by atoms with van der Waals surface area (Å²) >= 11 is 0. The highest BCUT2D eigenvalue weighted by molar-refractivity contribution is 6.08. The lowest BCUT2D eigenvalue weighted by Gasteiger charge is -2.41. The number of hydrogen-bond donors (Lipinski definition) is 3. The summed E-state index contributed by atoms with van der Waals surface area (Å²) in [5.41, 5.74) is 7.41. The molecule has 1 fully saturated rings. The van der Waals surface area contributed by atoms with E-state index in [-0.39, 0.29) is 36.9 Å². The first-order valence-corrected chi connectivity index (χ1v) is 11.7. The molecule has 2 atom stereocenters. The van der Waals surface area contributed by atoms with Crippen molar-refractivity contribution in [3.63, 3.8) is 0 Å². The molecule has 0 saturated carbocycles. The number of ether oxygens (including phenoxy) is 1. The molecule has 3 aromatic carbocycles. The third-order valence-corrected chi connectivity index (χ3v) is 6.12. The number of carbonyl (C=O) groups excluding carboxylic acids is 3. The number of nitrogens with one attached hydrogen (secondary N) is 2. The van der Waals surface area contributed by atoms with Crippen LogP contribution in [-0.2, 0) is 9.53 Å². The molecule has 8 nitrogen and oxygen atoms in total. The maximum Gasteiger partial charge on any atom is 0.255 e. The van der Waals surface area contributed by atoms with Crippen molar-refractivity contribution >= 4 is 39.9 Å². The second-order valence-corrected chi connectivity index (χ2v) is 8.86. The Hall–Kier alpha value is -3.91. The van der Waals surface area contributed by atoms with Crippen LogP contribution >= 0.6 is 0 Å². The van der Waals surface area contributed by atoms with Crippen LogP contribution in [0.25, 0.3) is 10.8 Å². The predicted molar refractivity (Wildman–Crippen MR) is 137 cm³/mol. The molecule has 0 aliphatic carbocycles. The number of fused-ring (bicyclic) bond motifs is 1. The fourth-order valence-electron chi connectivity index (χ4n) is 4.41. The molecule has 2 unspecified atom stereocenters. The number of anilines is 2. The molecule has 3 aromatic rings. The Morgan fingerprint density at radius 3 is 2.29 bits per heavy atom. The van der Waals surface area contributed by atoms with E-state index < -0.39 is 5.91 Å². The van der Waals surface area contributed by atoms with Crippen molar-refractivity contribution in [2.45, 2.75) is 32.4 Å². The number of amides is 3. The van der Waals surface area contributed by atoms with Crippen LogP contribution in [0.1, 0.15) is 41.0 Å². The van der Waals surface area contributed by atoms with E-state index in [1.165, 1.54) is 0 Å². The Balaban J connectivity index is 1.65. The zero-order chi connectivity index (χ0) is 24.9. The minimum absolute atomic E-state index is 0.0538. The van der Waals surface area contributed by atoms with Crippen LogP contribution in [0.15, 0.2) is 60.7 Å². The second kappa shape index (κ2) is 10.6. The Bertz CT molecular complexity index is 1250. The lowest BCUT2D eigenvalue weighted by molar-refractivity contribution is -0.117. The van der Waals surface area contributed by atoms with Crippen molar-refractivity contribution in [3.05, 3.63) is 71.8 Å². The van der Waals surface area contributed by atoms with Gasteiger partial charge in [0.2, 0.25) is 5.91 Å². The summed E-state index contributed by atoms with van der Waals surface area (Å²) < 4.78 is 5.67. The third-order valence-electron chi connectivity index (χ3n) is 6.12. The summed E-state index contributed by atoms with van der Waals surface area (Å²) in [7, 11) is 0. The van der Waals surface area contributed by atoms with Crippen LogP contribution in [0.3, 0.4) is 0 Å². The van der Waals surface area contributed by atoms with Gasteiger partial charge in [-0.3, -0.25) is 14.4 Å². The van der Waals surface area contributed by atoms with E-state index in [1.807, 2.05) is 42.5 Å². The monoisotopic (exact) mass is 474 g/mol. The van der Waals surface area contributed by atoms with Crippen molar-refractivity contribution in [2.75, 3.05) is 30.0 Å². The molecule has 1 heterocycles. The Kier molecular flexibility index (Phi) is 7.31. The molecule has 1 aliphatic rings. The van der Waals surface area contributed by atoms with Crippen LogP contribution in [0.2, 0.25) is 0 Å². The zero-order valence-corrected chi connectivity index (χ0v) is 19.9. The van der Waals surface area contributed by atoms with Crippen LogP contribution in [0, 0.1) is 0 Å². The van der Waals surface area contributed by atoms with Gasteiger partial charge in [0.1, 0.15) is 0 Å². The minimum Gasteiger partial charge on any atom is -0.377 e. The van der Waals surface area contributed by atoms with Gasteiger partial charge < -0.3 is 26.0 Å². The van der Waals surface area contributed by atoms with Gasteiger partial charge in [0.25, 0.3) is 11.8 Å². The van der Waals surface area contributed by atoms with E-state index in [9.17, 15) is 14.4 Å². The first kappa shape index (κ1) is 24.2. The SMILES string of the molecule is CC1COCC(C)N1c1ccc(C(=O)NCCC(N)=O)cc1NC(=O)c1ccc2ccccc2c1. The normalized spacial score (nSPS) is 17.7. The molecule has 0 bridgehead atoms. The highest BCUT2D eigenvalue weighted by Gasteiger charge is 2.28. The van der Waals surface area contributed by atoms with E-state index in [0.717, 1.165) is 16.5 Å². The maximum absolute atomic E-state index is 13.3. The highest BCUT2D eigenvalue weighted by atomic mass is 16.5. The molecule has 1 saturated heterocycles. The quantitative estimate of drug-likeness (QED) is 0.486. The van der Waals surface area contributed by atoms with Gasteiger partial charge in [0.05, 0.1) is 24.6 Å². The lowest BCUT2D eigenvalue weighted by atomic mass is 10.0. The smallest absolute Gasteiger partial charge is 0.255 e. The van der Waals surface area contributed by atoms with Crippen molar-refractivity contribution in [1.29, 1.82) is 0 Å². The molecular weight excluding hydrogens is 444 g/mol. The van der Waals surface area contributed by atoms with Crippen molar-refractivity contribution in [1.82, 2.24) is 5.32 Å². The summed E-state index contributed by atoms with van der Waals surface area (Å²) in [6.45, 7) is 5.41. The fraction of sp³-hybridized carbons (Fsp3) is 0.296. The van der Waals surface area contributed by atoms with E-state index in [2.05, 4.69) is 29.4 Å². The second-order valence-electron chi connectivity index (χ2n) is 8.86. The van der Waals surface area contributed by atoms with Crippen molar-refractivity contribution < 1.29 is 19.1 Å². The molecule has 4 rings (SSSR count). The number of primary amides is 1. The van der Waals surface area contributed by atoms with Crippen LogP contribution < -0.4 is 21.3 Å². The van der Waals surface area contributed by atoms with E-state index in [1.54, 1.807) is 18.2 Å². The van der Waals surface area contributed by atoms with E-state index in [0.29, 0.717) is 30.0 Å². The van der Waals surface area contributed by atoms with E-state index >= 15 is 0 Å². The molecule has 8 heteroatoms. The first-order valence-electron chi connectivity index (χ1n) is 11.7. The molecule has 0 aromatic heterocycles. The average molecular weight is 475 g/mol. The zero-order valence-electron chi connectivity index (χ0n) is 19.9. The minimum atomic E-state index is -0.487. The van der Waals surface area contributed by atoms with Gasteiger partial charge in [-0.1, -0.05) is 30.3 Å². The number of morpholine rings is 1. The predicted octanol–water partition coefficient (Wildman–Crippen LogP) is 3.31. The topological polar surface area (TPSA) is 114 Å². The first-order chi connectivity index (χ1) is 16.8. The molecule has 3 amide bonds. The third kappa shape index (κ3) is 5.60. The van der Waals surface area contributed by atoms with Gasteiger partial charge in [0, 0.05) is 36.2 Å². The number of hydrogen-bond acceptors (Lipinski definition) is 5. The van der Waals surface area contributed by atoms with Crippen LogP contribution in [-0.4, -0.2) is 49.6 Å². The number of nitrogens with two attached hydrogens (primary N) is 1. The highest BCUT2D eigenvalue weighted by Crippen LogP contribution is 2.33. The number of nitrogens with zero attached hydrogens (tertiary/aromatic N) is 1. The molecule has 182 valence electrons. The fourth-order valence-corrected chi connectivity index (χ4v) is 4.41. The van der Waals surface area contributed by atoms with Crippen LogP contribution in [0.5, 0.6) is 0 Å². The maximum atomic E-state index is 13.3. The van der Waals surface area contributed by atoms with Gasteiger partial charge in [-0.25, -0.2) is 0 Å². The summed E-state index contributed by atoms with van der Waals surface area (Å²) in [6.07, 6.45) is 0.0538. The number of rotatable bonds is 7. The Morgan fingerprint density at radius 2 is 1.57 bits per heavy atom. The van der Waals surface area contributed by atoms with Gasteiger partial charge in [-0.2, -0.15) is 0 Å². The van der Waals surface area contributed by atoms with Gasteiger partial charge in [-0.05, 0) is 55.0 Å².